The van der Waals surface area contributed by atoms with Crippen molar-refractivity contribution in [2.24, 2.45) is 0 Å². The van der Waals surface area contributed by atoms with Gasteiger partial charge in [0.05, 0.1) is 0 Å². The molecule has 0 bridgehead atoms. The van der Waals surface area contributed by atoms with E-state index in [1.54, 1.807) is 0 Å². The third kappa shape index (κ3) is 13.6. The number of carboxylic acids is 2. The molecule has 120 valence electrons. The van der Waals surface area contributed by atoms with Crippen molar-refractivity contribution >= 4 is 40.2 Å². The maximum atomic E-state index is 9.26. The number of carboxylic acid groups (broad SMARTS) is 2. The summed E-state index contributed by atoms with van der Waals surface area (Å²) < 4.78 is 3.08. The summed E-state index contributed by atoms with van der Waals surface area (Å²) in [6.07, 6.45) is 0.222. The van der Waals surface area contributed by atoms with Gasteiger partial charge in [0.15, 0.2) is 0 Å². The maximum absolute atomic E-state index is 9.26. The summed E-state index contributed by atoms with van der Waals surface area (Å²) in [5, 5.41) is 18.5. The summed E-state index contributed by atoms with van der Waals surface area (Å²) in [6, 6.07) is 21.6. The van der Waals surface area contributed by atoms with Crippen molar-refractivity contribution in [2.45, 2.75) is 26.7 Å². The Kier molecular flexibility index (Phi) is 12.7. The second-order valence-corrected chi connectivity index (χ2v) is 8.32. The van der Waals surface area contributed by atoms with E-state index in [0.29, 0.717) is 0 Å². The molecule has 0 fully saturated rings. The number of carbonyl (C=O) groups is 2. The number of hydrogen-bond acceptors (Lipinski definition) is 4. The molecule has 0 amide bonds. The van der Waals surface area contributed by atoms with Crippen molar-refractivity contribution in [2.75, 3.05) is 0 Å². The van der Waals surface area contributed by atoms with Crippen LogP contribution in [0.5, 0.6) is 0 Å². The number of hydrogen-bond donors (Lipinski definition) is 0. The fourth-order valence-electron chi connectivity index (χ4n) is 1.21. The van der Waals surface area contributed by atoms with Crippen LogP contribution in [0.4, 0.5) is 0 Å². The third-order valence-corrected chi connectivity index (χ3v) is 5.96. The van der Waals surface area contributed by atoms with Crippen molar-refractivity contribution in [1.82, 2.24) is 0 Å². The van der Waals surface area contributed by atoms with Crippen molar-refractivity contribution < 1.29 is 19.8 Å². The van der Waals surface area contributed by atoms with Crippen LogP contribution in [0.2, 0.25) is 0 Å². The molecule has 0 aliphatic carbocycles. The predicted octanol–water partition coefficient (Wildman–Crippen LogP) is -0.366. The molecule has 4 nitrogen and oxygen atoms in total. The Morgan fingerprint density at radius 3 is 1.22 bits per heavy atom. The second-order valence-electron chi connectivity index (χ2n) is 4.31. The Morgan fingerprint density at radius 1 is 0.739 bits per heavy atom. The van der Waals surface area contributed by atoms with Crippen molar-refractivity contribution in [3.05, 3.63) is 60.7 Å². The Balaban J connectivity index is 0.000000406. The molecular weight excluding hydrogens is 399 g/mol. The van der Waals surface area contributed by atoms with Crippen LogP contribution in [0.15, 0.2) is 60.7 Å². The van der Waals surface area contributed by atoms with E-state index in [-0.39, 0.29) is 12.8 Å². The number of rotatable bonds is 4. The first-order valence-electron chi connectivity index (χ1n) is 7.26. The number of carbonyl (C=O) groups excluding carboxylic acids is 2. The van der Waals surface area contributed by atoms with E-state index in [1.807, 2.05) is 0 Å². The zero-order valence-corrected chi connectivity index (χ0v) is 16.2. The van der Waals surface area contributed by atoms with Gasteiger partial charge in [-0.1, -0.05) is 13.8 Å². The van der Waals surface area contributed by atoms with Gasteiger partial charge in [0, 0.05) is 11.9 Å². The summed E-state index contributed by atoms with van der Waals surface area (Å²) in [7, 11) is 0. The van der Waals surface area contributed by atoms with Gasteiger partial charge in [-0.2, -0.15) is 0 Å². The molecule has 0 saturated carbocycles. The molecule has 0 atom stereocenters. The zero-order chi connectivity index (χ0) is 17.5. The van der Waals surface area contributed by atoms with E-state index in [0.717, 1.165) is 0 Å². The van der Waals surface area contributed by atoms with Gasteiger partial charge in [-0.15, -0.1) is 0 Å². The topological polar surface area (TPSA) is 80.3 Å². The number of benzene rings is 2. The molecule has 0 spiro atoms. The van der Waals surface area contributed by atoms with Gasteiger partial charge in [0.25, 0.3) is 0 Å². The molecule has 0 radical (unpaired) electrons. The van der Waals surface area contributed by atoms with Crippen molar-refractivity contribution in [3.8, 4) is 0 Å². The summed E-state index contributed by atoms with van der Waals surface area (Å²) in [6.45, 7) is 3.07. The van der Waals surface area contributed by atoms with E-state index in [2.05, 4.69) is 60.7 Å². The molecule has 5 heteroatoms. The zero-order valence-electron chi connectivity index (χ0n) is 13.3. The Bertz CT molecular complexity index is 504. The first-order valence-corrected chi connectivity index (χ1v) is 10.1. The molecule has 0 N–H and O–H groups in total. The van der Waals surface area contributed by atoms with Crippen LogP contribution in [-0.4, -0.2) is 33.1 Å². The van der Waals surface area contributed by atoms with E-state index in [4.69, 9.17) is 0 Å². The van der Waals surface area contributed by atoms with Gasteiger partial charge in [-0.25, -0.2) is 0 Å². The minimum atomic E-state index is -0.995. The molecule has 0 aliphatic heterocycles. The fourth-order valence-corrected chi connectivity index (χ4v) is 4.21. The van der Waals surface area contributed by atoms with E-state index in [9.17, 15) is 19.8 Å². The van der Waals surface area contributed by atoms with Crippen LogP contribution < -0.4 is 17.4 Å². The average Bonchev–Trinajstić information content (AvgIpc) is 2.58. The molecule has 2 aromatic rings. The summed E-state index contributed by atoms with van der Waals surface area (Å²) in [4.78, 5) is 18.5. The van der Waals surface area contributed by atoms with E-state index >= 15 is 0 Å². The number of aliphatic carboxylic acids is 2. The van der Waals surface area contributed by atoms with Gasteiger partial charge < -0.3 is 19.8 Å². The van der Waals surface area contributed by atoms with Gasteiger partial charge in [0.1, 0.15) is 0 Å². The molecular formula is C18H20O4Sn. The van der Waals surface area contributed by atoms with Crippen LogP contribution in [-0.2, 0) is 9.59 Å². The summed E-state index contributed by atoms with van der Waals surface area (Å²) >= 11 is -0.517. The van der Waals surface area contributed by atoms with Gasteiger partial charge in [-0.3, -0.25) is 0 Å². The summed E-state index contributed by atoms with van der Waals surface area (Å²) in [5.41, 5.74) is 0. The molecule has 2 aromatic carbocycles. The van der Waals surface area contributed by atoms with Crippen molar-refractivity contribution in [3.63, 3.8) is 0 Å². The van der Waals surface area contributed by atoms with Crippen LogP contribution in [0.3, 0.4) is 0 Å². The molecule has 0 unspecified atom stereocenters. The average molecular weight is 419 g/mol. The molecule has 2 rings (SSSR count). The van der Waals surface area contributed by atoms with E-state index in [1.165, 1.54) is 21.0 Å². The van der Waals surface area contributed by atoms with Crippen LogP contribution in [0.1, 0.15) is 26.7 Å². The quantitative estimate of drug-likeness (QED) is 0.634. The Morgan fingerprint density at radius 2 is 1.00 bits per heavy atom. The molecule has 0 aromatic heterocycles. The third-order valence-electron chi connectivity index (χ3n) is 2.41. The Labute approximate surface area is 147 Å². The van der Waals surface area contributed by atoms with E-state index < -0.39 is 33.1 Å². The fraction of sp³-hybridized carbons (Fsp3) is 0.222. The standard InChI is InChI=1S/2C6H5.2C3H6O2.Sn/c2*1-2-4-6-5-3-1;2*1-2-3(4)5;/h2*1-5H;2*2H2,1H3,(H,4,5);/q;;;;+2/p-2. The summed E-state index contributed by atoms with van der Waals surface area (Å²) in [5.74, 6) is -1.99. The molecule has 0 heterocycles. The molecule has 0 saturated heterocycles. The van der Waals surface area contributed by atoms with Crippen LogP contribution in [0, 0.1) is 0 Å². The first kappa shape index (κ1) is 21.2. The van der Waals surface area contributed by atoms with Gasteiger partial charge >= 0.3 is 89.0 Å². The van der Waals surface area contributed by atoms with Crippen LogP contribution in [0.25, 0.3) is 0 Å². The molecule has 0 aliphatic rings. The van der Waals surface area contributed by atoms with Crippen molar-refractivity contribution in [1.29, 1.82) is 0 Å². The minimum absolute atomic E-state index is 0.111. The first-order chi connectivity index (χ1) is 11.0. The van der Waals surface area contributed by atoms with Gasteiger partial charge in [-0.05, 0) is 12.8 Å². The SMILES string of the molecule is CCC(=O)[O-].CCC(=O)[O-].c1cc[c]([Sn+2][c]2ccccc2)cc1. The molecule has 23 heavy (non-hydrogen) atoms. The monoisotopic (exact) mass is 420 g/mol. The second kappa shape index (κ2) is 13.8. The normalized spacial score (nSPS) is 8.43. The predicted molar refractivity (Wildman–Crippen MR) is 88.5 cm³/mol. The van der Waals surface area contributed by atoms with Gasteiger partial charge in [0.2, 0.25) is 0 Å². The van der Waals surface area contributed by atoms with Crippen LogP contribution >= 0.6 is 0 Å². The Hall–Kier alpha value is -1.82.